The zero-order chi connectivity index (χ0) is 12.4. The van der Waals surface area contributed by atoms with Crippen molar-refractivity contribution >= 4 is 33.2 Å². The summed E-state index contributed by atoms with van der Waals surface area (Å²) in [7, 11) is 0. The second-order valence-corrected chi connectivity index (χ2v) is 4.83. The SMILES string of the molecule is Cc1cc(Oc2ncc(N)cc2Br)ccc1Cl. The lowest BCUT2D eigenvalue weighted by Gasteiger charge is -2.08. The average Bonchev–Trinajstić information content (AvgIpc) is 2.27. The Labute approximate surface area is 113 Å². The molecule has 2 N–H and O–H groups in total. The number of aryl methyl sites for hydroxylation is 1. The highest BCUT2D eigenvalue weighted by molar-refractivity contribution is 9.10. The smallest absolute Gasteiger partial charge is 0.233 e. The van der Waals surface area contributed by atoms with E-state index in [2.05, 4.69) is 20.9 Å². The average molecular weight is 314 g/mol. The Kier molecular flexibility index (Phi) is 3.54. The maximum atomic E-state index is 5.94. The maximum absolute atomic E-state index is 5.94. The Bertz CT molecular complexity index is 560. The fraction of sp³-hybridized carbons (Fsp3) is 0.0833. The molecule has 0 amide bonds. The number of ether oxygens (including phenoxy) is 1. The second-order valence-electron chi connectivity index (χ2n) is 3.57. The van der Waals surface area contributed by atoms with Gasteiger partial charge in [0, 0.05) is 5.02 Å². The number of anilines is 1. The van der Waals surface area contributed by atoms with Crippen LogP contribution in [0.25, 0.3) is 0 Å². The van der Waals surface area contributed by atoms with Gasteiger partial charge in [0.25, 0.3) is 0 Å². The van der Waals surface area contributed by atoms with Crippen molar-refractivity contribution in [2.75, 3.05) is 5.73 Å². The van der Waals surface area contributed by atoms with E-state index in [1.54, 1.807) is 24.4 Å². The van der Waals surface area contributed by atoms with E-state index >= 15 is 0 Å². The molecule has 0 spiro atoms. The molecule has 0 bridgehead atoms. The van der Waals surface area contributed by atoms with E-state index in [-0.39, 0.29) is 0 Å². The number of halogens is 2. The molecule has 1 aromatic carbocycles. The topological polar surface area (TPSA) is 48.1 Å². The van der Waals surface area contributed by atoms with Crippen LogP contribution >= 0.6 is 27.5 Å². The zero-order valence-electron chi connectivity index (χ0n) is 9.08. The van der Waals surface area contributed by atoms with Crippen molar-refractivity contribution < 1.29 is 4.74 Å². The van der Waals surface area contributed by atoms with Crippen LogP contribution in [0.5, 0.6) is 11.6 Å². The highest BCUT2D eigenvalue weighted by Gasteiger charge is 2.06. The van der Waals surface area contributed by atoms with Gasteiger partial charge in [0.15, 0.2) is 0 Å². The molecule has 2 aromatic rings. The third-order valence-corrected chi connectivity index (χ3v) is 3.16. The highest BCUT2D eigenvalue weighted by Crippen LogP contribution is 2.30. The van der Waals surface area contributed by atoms with Gasteiger partial charge in [0.1, 0.15) is 5.75 Å². The monoisotopic (exact) mass is 312 g/mol. The first-order chi connectivity index (χ1) is 8.06. The van der Waals surface area contributed by atoms with Crippen molar-refractivity contribution in [1.82, 2.24) is 4.98 Å². The summed E-state index contributed by atoms with van der Waals surface area (Å²) in [6.07, 6.45) is 1.54. The summed E-state index contributed by atoms with van der Waals surface area (Å²) < 4.78 is 6.34. The standard InChI is InChI=1S/C12H10BrClN2O/c1-7-4-9(2-3-11(7)14)17-12-10(13)5-8(15)6-16-12/h2-6H,15H2,1H3. The van der Waals surface area contributed by atoms with Crippen molar-refractivity contribution in [2.24, 2.45) is 0 Å². The number of hydrogen-bond acceptors (Lipinski definition) is 3. The lowest BCUT2D eigenvalue weighted by molar-refractivity contribution is 0.459. The number of benzene rings is 1. The molecule has 1 aromatic heterocycles. The van der Waals surface area contributed by atoms with Crippen LogP contribution in [0.2, 0.25) is 5.02 Å². The molecule has 2 rings (SSSR count). The fourth-order valence-electron chi connectivity index (χ4n) is 1.31. The fourth-order valence-corrected chi connectivity index (χ4v) is 1.87. The van der Waals surface area contributed by atoms with Gasteiger partial charge in [0.05, 0.1) is 16.4 Å². The number of aromatic nitrogens is 1. The van der Waals surface area contributed by atoms with Crippen LogP contribution in [-0.4, -0.2) is 4.98 Å². The molecule has 88 valence electrons. The zero-order valence-corrected chi connectivity index (χ0v) is 11.4. The first-order valence-corrected chi connectivity index (χ1v) is 6.08. The van der Waals surface area contributed by atoms with E-state index in [4.69, 9.17) is 22.1 Å². The molecule has 0 saturated carbocycles. The lowest BCUT2D eigenvalue weighted by Crippen LogP contribution is -1.92. The number of nitrogen functional groups attached to an aromatic ring is 1. The Morgan fingerprint density at radius 2 is 2.12 bits per heavy atom. The molecule has 1 heterocycles. The van der Waals surface area contributed by atoms with E-state index < -0.39 is 0 Å². The van der Waals surface area contributed by atoms with Crippen LogP contribution in [0.4, 0.5) is 5.69 Å². The Morgan fingerprint density at radius 3 is 2.76 bits per heavy atom. The molecule has 0 unspecified atom stereocenters. The molecule has 3 nitrogen and oxygen atoms in total. The summed E-state index contributed by atoms with van der Waals surface area (Å²) in [5.74, 6) is 1.16. The molecule has 0 aliphatic heterocycles. The van der Waals surface area contributed by atoms with E-state index in [1.165, 1.54) is 0 Å². The molecule has 0 saturated heterocycles. The summed E-state index contributed by atoms with van der Waals surface area (Å²) in [6, 6.07) is 7.18. The summed E-state index contributed by atoms with van der Waals surface area (Å²) in [6.45, 7) is 1.92. The summed E-state index contributed by atoms with van der Waals surface area (Å²) in [4.78, 5) is 4.10. The van der Waals surface area contributed by atoms with Gasteiger partial charge in [-0.25, -0.2) is 4.98 Å². The first kappa shape index (κ1) is 12.2. The van der Waals surface area contributed by atoms with Crippen molar-refractivity contribution in [3.63, 3.8) is 0 Å². The van der Waals surface area contributed by atoms with E-state index in [9.17, 15) is 0 Å². The van der Waals surface area contributed by atoms with Crippen LogP contribution in [0.15, 0.2) is 34.9 Å². The first-order valence-electron chi connectivity index (χ1n) is 4.91. The van der Waals surface area contributed by atoms with Gasteiger partial charge in [-0.1, -0.05) is 11.6 Å². The Balaban J connectivity index is 2.28. The van der Waals surface area contributed by atoms with Crippen molar-refractivity contribution in [3.05, 3.63) is 45.5 Å². The van der Waals surface area contributed by atoms with Crippen molar-refractivity contribution in [1.29, 1.82) is 0 Å². The van der Waals surface area contributed by atoms with Crippen LogP contribution in [-0.2, 0) is 0 Å². The maximum Gasteiger partial charge on any atom is 0.233 e. The van der Waals surface area contributed by atoms with Crippen molar-refractivity contribution in [2.45, 2.75) is 6.92 Å². The molecule has 5 heteroatoms. The number of pyridine rings is 1. The minimum Gasteiger partial charge on any atom is -0.438 e. The quantitative estimate of drug-likeness (QED) is 0.904. The number of nitrogens with two attached hydrogens (primary N) is 1. The summed E-state index contributed by atoms with van der Waals surface area (Å²) in [5, 5.41) is 0.710. The van der Waals surface area contributed by atoms with Crippen molar-refractivity contribution in [3.8, 4) is 11.6 Å². The van der Waals surface area contributed by atoms with Gasteiger partial charge < -0.3 is 10.5 Å². The van der Waals surface area contributed by atoms with Crippen LogP contribution in [0, 0.1) is 6.92 Å². The highest BCUT2D eigenvalue weighted by atomic mass is 79.9. The van der Waals surface area contributed by atoms with E-state index in [1.807, 2.05) is 13.0 Å². The van der Waals surface area contributed by atoms with E-state index in [0.29, 0.717) is 26.8 Å². The normalized spacial score (nSPS) is 10.3. The Hall–Kier alpha value is -1.26. The van der Waals surface area contributed by atoms with Crippen LogP contribution in [0.1, 0.15) is 5.56 Å². The molecular formula is C12H10BrClN2O. The largest absolute Gasteiger partial charge is 0.438 e. The number of rotatable bonds is 2. The molecule has 17 heavy (non-hydrogen) atoms. The molecule has 0 radical (unpaired) electrons. The third-order valence-electron chi connectivity index (χ3n) is 2.17. The number of nitrogens with zero attached hydrogens (tertiary/aromatic N) is 1. The summed E-state index contributed by atoms with van der Waals surface area (Å²) in [5.41, 5.74) is 7.13. The molecule has 0 aliphatic rings. The Morgan fingerprint density at radius 1 is 1.35 bits per heavy atom. The van der Waals surface area contributed by atoms with Crippen LogP contribution in [0.3, 0.4) is 0 Å². The minimum absolute atomic E-state index is 0.473. The molecular weight excluding hydrogens is 304 g/mol. The second kappa shape index (κ2) is 4.94. The third kappa shape index (κ3) is 2.90. The van der Waals surface area contributed by atoms with Gasteiger partial charge in [-0.3, -0.25) is 0 Å². The van der Waals surface area contributed by atoms with Gasteiger partial charge in [-0.05, 0) is 52.7 Å². The van der Waals surface area contributed by atoms with Gasteiger partial charge in [0.2, 0.25) is 5.88 Å². The van der Waals surface area contributed by atoms with Gasteiger partial charge >= 0.3 is 0 Å². The summed E-state index contributed by atoms with van der Waals surface area (Å²) >= 11 is 9.28. The molecule has 0 atom stereocenters. The predicted molar refractivity (Wildman–Crippen MR) is 72.6 cm³/mol. The lowest BCUT2D eigenvalue weighted by atomic mass is 10.2. The minimum atomic E-state index is 0.473. The predicted octanol–water partition coefficient (Wildman–Crippen LogP) is 4.18. The van der Waals surface area contributed by atoms with Gasteiger partial charge in [-0.2, -0.15) is 0 Å². The molecule has 0 aliphatic carbocycles. The van der Waals surface area contributed by atoms with Gasteiger partial charge in [-0.15, -0.1) is 0 Å². The van der Waals surface area contributed by atoms with Crippen LogP contribution < -0.4 is 10.5 Å². The van der Waals surface area contributed by atoms with E-state index in [0.717, 1.165) is 5.56 Å². The molecule has 0 fully saturated rings. The number of hydrogen-bond donors (Lipinski definition) is 1.